The van der Waals surface area contributed by atoms with Crippen LogP contribution < -0.4 is 15.5 Å². The molecule has 1 saturated heterocycles. The molecule has 2 aliphatic rings. The average Bonchev–Trinajstić information content (AvgIpc) is 3.18. The zero-order chi connectivity index (χ0) is 29.3. The number of urea groups is 1. The van der Waals surface area contributed by atoms with Crippen LogP contribution in [0.4, 0.5) is 22.0 Å². The first-order valence-corrected chi connectivity index (χ1v) is 14.5. The van der Waals surface area contributed by atoms with Gasteiger partial charge in [0.15, 0.2) is 0 Å². The quantitative estimate of drug-likeness (QED) is 0.450. The number of anilines is 3. The van der Waals surface area contributed by atoms with Gasteiger partial charge in [0.2, 0.25) is 0 Å². The molecule has 3 amide bonds. The highest BCUT2D eigenvalue weighted by atomic mass is 16.2. The van der Waals surface area contributed by atoms with Gasteiger partial charge in [-0.3, -0.25) is 14.4 Å². The van der Waals surface area contributed by atoms with Crippen molar-refractivity contribution in [3.8, 4) is 0 Å². The van der Waals surface area contributed by atoms with E-state index in [2.05, 4.69) is 47.5 Å². The van der Waals surface area contributed by atoms with Crippen molar-refractivity contribution < 1.29 is 9.59 Å². The van der Waals surface area contributed by atoms with Gasteiger partial charge in [0, 0.05) is 50.9 Å². The molecule has 0 spiro atoms. The maximum absolute atomic E-state index is 13.9. The first kappa shape index (κ1) is 28.7. The number of benzene rings is 2. The molecule has 0 saturated carbocycles. The molecule has 41 heavy (non-hydrogen) atoms. The molecule has 218 valence electrons. The topological polar surface area (TPSA) is 85.7 Å². The van der Waals surface area contributed by atoms with Crippen LogP contribution in [-0.4, -0.2) is 64.2 Å². The number of hydrogen-bond donors (Lipinski definition) is 2. The lowest BCUT2D eigenvalue weighted by Gasteiger charge is -2.35. The zero-order valence-corrected chi connectivity index (χ0v) is 25.3. The lowest BCUT2D eigenvalue weighted by Crippen LogP contribution is -2.51. The van der Waals surface area contributed by atoms with Gasteiger partial charge in [-0.2, -0.15) is 5.10 Å². The van der Waals surface area contributed by atoms with Gasteiger partial charge in [0.1, 0.15) is 5.82 Å². The summed E-state index contributed by atoms with van der Waals surface area (Å²) < 4.78 is 1.80. The van der Waals surface area contributed by atoms with Crippen LogP contribution in [0.2, 0.25) is 0 Å². The van der Waals surface area contributed by atoms with E-state index in [1.807, 2.05) is 67.2 Å². The fraction of sp³-hybridized carbons (Fsp3) is 0.469. The molecule has 0 atom stereocenters. The largest absolute Gasteiger partial charge is 0.338 e. The van der Waals surface area contributed by atoms with Crippen LogP contribution in [-0.2, 0) is 20.1 Å². The number of nitrogens with one attached hydrogen (secondary N) is 2. The van der Waals surface area contributed by atoms with Crippen molar-refractivity contribution in [1.82, 2.24) is 24.9 Å². The molecule has 2 N–H and O–H groups in total. The number of aryl methyl sites for hydroxylation is 3. The van der Waals surface area contributed by atoms with Crippen molar-refractivity contribution in [3.05, 3.63) is 70.4 Å². The van der Waals surface area contributed by atoms with Crippen LogP contribution in [0.1, 0.15) is 59.8 Å². The molecule has 1 aromatic heterocycles. The summed E-state index contributed by atoms with van der Waals surface area (Å²) in [7, 11) is 1.90. The maximum Gasteiger partial charge on any atom is 0.317 e. The van der Waals surface area contributed by atoms with E-state index in [1.54, 1.807) is 4.68 Å². The summed E-state index contributed by atoms with van der Waals surface area (Å²) in [4.78, 5) is 33.0. The van der Waals surface area contributed by atoms with E-state index < -0.39 is 0 Å². The lowest BCUT2D eigenvalue weighted by molar-refractivity contribution is 0.0984. The normalized spacial score (nSPS) is 15.6. The smallest absolute Gasteiger partial charge is 0.317 e. The summed E-state index contributed by atoms with van der Waals surface area (Å²) in [5, 5.41) is 11.0. The van der Waals surface area contributed by atoms with Gasteiger partial charge < -0.3 is 20.4 Å². The van der Waals surface area contributed by atoms with Crippen LogP contribution in [0.25, 0.3) is 0 Å². The molecule has 1 fully saturated rings. The number of fused-ring (bicyclic) bond motifs is 2. The van der Waals surface area contributed by atoms with Crippen molar-refractivity contribution in [1.29, 1.82) is 0 Å². The SMILES string of the molecule is Cc1ccc2c(c1)Nc1c(cnn1C)CN2C(=O)c1ccc(CNC(=O)N2CCN(CCC(C)(C)C)CC2)cc1C. The van der Waals surface area contributed by atoms with E-state index in [-0.39, 0.29) is 11.9 Å². The number of rotatable bonds is 5. The van der Waals surface area contributed by atoms with Gasteiger partial charge in [-0.15, -0.1) is 0 Å². The Kier molecular flexibility index (Phi) is 8.09. The van der Waals surface area contributed by atoms with E-state index in [1.165, 1.54) is 0 Å². The number of nitrogens with zero attached hydrogens (tertiary/aromatic N) is 5. The fourth-order valence-electron chi connectivity index (χ4n) is 5.49. The molecule has 0 bridgehead atoms. The van der Waals surface area contributed by atoms with Gasteiger partial charge in [-0.25, -0.2) is 4.79 Å². The van der Waals surface area contributed by atoms with Crippen molar-refractivity contribution in [2.24, 2.45) is 12.5 Å². The Morgan fingerprint density at radius 1 is 1.02 bits per heavy atom. The fourth-order valence-corrected chi connectivity index (χ4v) is 5.49. The number of amides is 3. The van der Waals surface area contributed by atoms with Crippen LogP contribution in [0, 0.1) is 19.3 Å². The highest BCUT2D eigenvalue weighted by Gasteiger charge is 2.28. The second kappa shape index (κ2) is 11.6. The first-order valence-electron chi connectivity index (χ1n) is 14.5. The number of aromatic nitrogens is 2. The van der Waals surface area contributed by atoms with Gasteiger partial charge in [-0.05, 0) is 67.1 Å². The monoisotopic (exact) mass is 557 g/mol. The van der Waals surface area contributed by atoms with Crippen LogP contribution in [0.3, 0.4) is 0 Å². The molecular weight excluding hydrogens is 514 g/mol. The molecule has 3 aromatic rings. The Labute approximate surface area is 243 Å². The number of hydrogen-bond acceptors (Lipinski definition) is 5. The van der Waals surface area contributed by atoms with Crippen molar-refractivity contribution in [2.45, 2.75) is 54.1 Å². The Balaban J connectivity index is 1.23. The minimum absolute atomic E-state index is 0.0329. The zero-order valence-electron chi connectivity index (χ0n) is 25.3. The Morgan fingerprint density at radius 2 is 1.78 bits per heavy atom. The molecule has 9 nitrogen and oxygen atoms in total. The van der Waals surface area contributed by atoms with E-state index in [0.717, 1.165) is 78.6 Å². The molecule has 5 rings (SSSR count). The molecule has 2 aliphatic heterocycles. The molecule has 0 aliphatic carbocycles. The third-order valence-corrected chi connectivity index (χ3v) is 8.09. The molecule has 3 heterocycles. The van der Waals surface area contributed by atoms with E-state index >= 15 is 0 Å². The van der Waals surface area contributed by atoms with Crippen molar-refractivity contribution >= 4 is 29.1 Å². The molecule has 0 unspecified atom stereocenters. The minimum atomic E-state index is -0.0639. The summed E-state index contributed by atoms with van der Waals surface area (Å²) >= 11 is 0. The van der Waals surface area contributed by atoms with Crippen LogP contribution >= 0.6 is 0 Å². The van der Waals surface area contributed by atoms with Gasteiger partial charge in [0.25, 0.3) is 5.91 Å². The first-order chi connectivity index (χ1) is 19.5. The predicted molar refractivity (Wildman–Crippen MR) is 164 cm³/mol. The van der Waals surface area contributed by atoms with E-state index in [4.69, 9.17) is 0 Å². The van der Waals surface area contributed by atoms with Gasteiger partial charge in [0.05, 0.1) is 24.1 Å². The summed E-state index contributed by atoms with van der Waals surface area (Å²) in [6.45, 7) is 16.0. The van der Waals surface area contributed by atoms with Crippen molar-refractivity contribution in [2.75, 3.05) is 42.9 Å². The summed E-state index contributed by atoms with van der Waals surface area (Å²) in [5.41, 5.74) is 6.61. The summed E-state index contributed by atoms with van der Waals surface area (Å²) in [6, 6.07) is 11.9. The average molecular weight is 558 g/mol. The third kappa shape index (κ3) is 6.56. The lowest BCUT2D eigenvalue weighted by atomic mass is 9.92. The van der Waals surface area contributed by atoms with Gasteiger partial charge in [-0.1, -0.05) is 39.0 Å². The number of piperazine rings is 1. The predicted octanol–water partition coefficient (Wildman–Crippen LogP) is 5.20. The standard InChI is InChI=1S/C32H43N7O2/c1-22-7-10-28-27(17-22)35-29-25(20-34-36(29)6)21-39(28)30(40)26-9-8-24(18-23(26)2)19-33-31(41)38-15-13-37(14-16-38)12-11-32(3,4)5/h7-10,17-18,20,35H,11-16,19,21H2,1-6H3,(H,33,41). The number of carbonyl (C=O) groups excluding carboxylic acids is 2. The van der Waals surface area contributed by atoms with E-state index in [9.17, 15) is 9.59 Å². The third-order valence-electron chi connectivity index (χ3n) is 8.09. The molecule has 0 radical (unpaired) electrons. The van der Waals surface area contributed by atoms with Gasteiger partial charge >= 0.3 is 6.03 Å². The molecule has 2 aromatic carbocycles. The summed E-state index contributed by atoms with van der Waals surface area (Å²) in [6.07, 6.45) is 2.97. The second-order valence-corrected chi connectivity index (χ2v) is 12.6. The van der Waals surface area contributed by atoms with Crippen LogP contribution in [0.5, 0.6) is 0 Å². The maximum atomic E-state index is 13.9. The Bertz CT molecular complexity index is 1430. The highest BCUT2D eigenvalue weighted by molar-refractivity contribution is 6.09. The van der Waals surface area contributed by atoms with Crippen LogP contribution in [0.15, 0.2) is 42.6 Å². The molecular formula is C32H43N7O2. The Hall–Kier alpha value is -3.85. The molecule has 9 heteroatoms. The highest BCUT2D eigenvalue weighted by Crippen LogP contribution is 2.37. The second-order valence-electron chi connectivity index (χ2n) is 12.6. The van der Waals surface area contributed by atoms with E-state index in [0.29, 0.717) is 24.1 Å². The minimum Gasteiger partial charge on any atom is -0.338 e. The summed E-state index contributed by atoms with van der Waals surface area (Å²) in [5.74, 6) is 0.826. The number of carbonyl (C=O) groups is 2. The Morgan fingerprint density at radius 3 is 2.49 bits per heavy atom. The van der Waals surface area contributed by atoms with Crippen molar-refractivity contribution in [3.63, 3.8) is 0 Å².